The van der Waals surface area contributed by atoms with Crippen molar-refractivity contribution in [3.05, 3.63) is 120 Å². The third kappa shape index (κ3) is 12.5. The number of hydrogen-bond acceptors (Lipinski definition) is 9. The predicted molar refractivity (Wildman–Crippen MR) is 217 cm³/mol. The van der Waals surface area contributed by atoms with Crippen LogP contribution in [0.25, 0.3) is 0 Å². The molecule has 5 amide bonds. The number of nitrogens with one attached hydrogen (secondary N) is 3. The average molecular weight is 794 g/mol. The van der Waals surface area contributed by atoms with Gasteiger partial charge in [-0.2, -0.15) is 0 Å². The lowest BCUT2D eigenvalue weighted by Gasteiger charge is -2.29. The van der Waals surface area contributed by atoms with E-state index < -0.39 is 29.8 Å². The van der Waals surface area contributed by atoms with Crippen LogP contribution in [-0.4, -0.2) is 112 Å². The normalized spacial score (nSPS) is 17.6. The number of benzene rings is 4. The number of carbonyl (C=O) groups excluding carboxylic acids is 5. The zero-order valence-corrected chi connectivity index (χ0v) is 33.1. The number of amides is 5. The van der Waals surface area contributed by atoms with E-state index in [1.165, 1.54) is 4.90 Å². The van der Waals surface area contributed by atoms with Gasteiger partial charge in [0.15, 0.2) is 0 Å². The minimum Gasteiger partial charge on any atom is -0.497 e. The minimum atomic E-state index is -1.09. The number of carbonyl (C=O) groups is 5. The Morgan fingerprint density at radius 1 is 0.828 bits per heavy atom. The van der Waals surface area contributed by atoms with Gasteiger partial charge in [-0.25, -0.2) is 0 Å². The number of nitrogens with zero attached hydrogens (tertiary/aromatic N) is 2. The predicted octanol–water partition coefficient (Wildman–Crippen LogP) is 3.89. The van der Waals surface area contributed by atoms with Crippen molar-refractivity contribution in [1.29, 1.82) is 0 Å². The van der Waals surface area contributed by atoms with Crippen molar-refractivity contribution in [3.63, 3.8) is 0 Å². The highest BCUT2D eigenvalue weighted by molar-refractivity contribution is 6.00. The summed E-state index contributed by atoms with van der Waals surface area (Å²) in [6.07, 6.45) is 0.761. The van der Waals surface area contributed by atoms with Gasteiger partial charge in [0.1, 0.15) is 42.3 Å². The summed E-state index contributed by atoms with van der Waals surface area (Å²) in [5.74, 6) is -0.201. The molecule has 1 aliphatic rings. The van der Waals surface area contributed by atoms with Gasteiger partial charge in [-0.15, -0.1) is 0 Å². The monoisotopic (exact) mass is 793 g/mol. The van der Waals surface area contributed by atoms with Crippen LogP contribution in [0.1, 0.15) is 45.5 Å². The fraction of sp³-hybridized carbons (Fsp3) is 0.341. The van der Waals surface area contributed by atoms with E-state index in [9.17, 15) is 24.0 Å². The van der Waals surface area contributed by atoms with Crippen LogP contribution in [0.5, 0.6) is 23.0 Å². The molecule has 0 radical (unpaired) electrons. The summed E-state index contributed by atoms with van der Waals surface area (Å²) in [4.78, 5) is 70.6. The molecule has 58 heavy (non-hydrogen) atoms. The van der Waals surface area contributed by atoms with Gasteiger partial charge in [0.2, 0.25) is 17.7 Å². The summed E-state index contributed by atoms with van der Waals surface area (Å²) in [5.41, 5.74) is 1.44. The van der Waals surface area contributed by atoms with Crippen LogP contribution in [0.3, 0.4) is 0 Å². The van der Waals surface area contributed by atoms with Crippen molar-refractivity contribution in [2.24, 2.45) is 0 Å². The van der Waals surface area contributed by atoms with Gasteiger partial charge in [0.25, 0.3) is 11.8 Å². The first-order valence-electron chi connectivity index (χ1n) is 19.2. The second-order valence-corrected chi connectivity index (χ2v) is 13.7. The zero-order valence-electron chi connectivity index (χ0n) is 33.1. The highest BCUT2D eigenvalue weighted by atomic mass is 16.5. The molecule has 1 aliphatic heterocycles. The second-order valence-electron chi connectivity index (χ2n) is 13.7. The molecule has 4 aromatic carbocycles. The number of likely N-dealkylation sites (N-methyl/N-ethyl adjacent to an activating group) is 2. The molecule has 0 saturated heterocycles. The molecular weight excluding hydrogens is 743 g/mol. The first-order valence-corrected chi connectivity index (χ1v) is 19.2. The Kier molecular flexibility index (Phi) is 15.9. The van der Waals surface area contributed by atoms with Crippen LogP contribution < -0.4 is 34.9 Å². The Morgan fingerprint density at radius 3 is 2.21 bits per heavy atom. The van der Waals surface area contributed by atoms with E-state index >= 15 is 0 Å². The molecule has 0 fully saturated rings. The van der Waals surface area contributed by atoms with E-state index in [4.69, 9.17) is 18.9 Å². The Bertz CT molecular complexity index is 1990. The van der Waals surface area contributed by atoms with Crippen LogP contribution in [-0.2, 0) is 20.8 Å². The molecule has 3 N–H and O–H groups in total. The molecule has 5 rings (SSSR count). The molecule has 4 aromatic rings. The highest BCUT2D eigenvalue weighted by Crippen LogP contribution is 2.23. The van der Waals surface area contributed by atoms with Crippen LogP contribution >= 0.6 is 0 Å². The van der Waals surface area contributed by atoms with E-state index in [-0.39, 0.29) is 75.2 Å². The number of methoxy groups -OCH3 is 1. The summed E-state index contributed by atoms with van der Waals surface area (Å²) in [6.45, 7) is 0.588. The Balaban J connectivity index is 1.37. The standard InChI is InChI=1S/C44H51N5O9/c1-48-29-40(50)45-24-11-26-57-38-16-9-7-14-35(38)42(52)47-37(43(53)46-25-27-56-34-20-18-33(55-3)19-21-34)22-23-41(51)49(2)32(28-31-12-5-4-6-13-31)30-58-39-17-10-8-15-36(39)44(48)54/h4-10,12-21,32,37H,11,22-30H2,1-3H3,(H,45,50)(H,46,53)(H,47,52)/t32-,37-/m0/s1. The number of rotatable bonds is 8. The Labute approximate surface area is 338 Å². The summed E-state index contributed by atoms with van der Waals surface area (Å²) in [7, 11) is 4.78. The van der Waals surface area contributed by atoms with Gasteiger partial charge in [0, 0.05) is 27.1 Å². The molecule has 0 aliphatic carbocycles. The van der Waals surface area contributed by atoms with Crippen molar-refractivity contribution in [2.75, 3.05) is 60.7 Å². The van der Waals surface area contributed by atoms with Crippen molar-refractivity contribution >= 4 is 29.5 Å². The van der Waals surface area contributed by atoms with Crippen molar-refractivity contribution in [1.82, 2.24) is 25.8 Å². The third-order valence-corrected chi connectivity index (χ3v) is 9.56. The van der Waals surface area contributed by atoms with E-state index in [2.05, 4.69) is 16.0 Å². The highest BCUT2D eigenvalue weighted by Gasteiger charge is 2.28. The summed E-state index contributed by atoms with van der Waals surface area (Å²) >= 11 is 0. The van der Waals surface area contributed by atoms with E-state index in [1.807, 2.05) is 30.3 Å². The second kappa shape index (κ2) is 21.7. The third-order valence-electron chi connectivity index (χ3n) is 9.56. The molecule has 0 aromatic heterocycles. The molecular formula is C44H51N5O9. The van der Waals surface area contributed by atoms with Gasteiger partial charge < -0.3 is 44.7 Å². The van der Waals surface area contributed by atoms with Crippen LogP contribution in [0.4, 0.5) is 0 Å². The first kappa shape index (κ1) is 42.6. The number of para-hydroxylation sites is 2. The Hall–Kier alpha value is -6.57. The molecule has 14 nitrogen and oxygen atoms in total. The number of fused-ring (bicyclic) bond motifs is 2. The smallest absolute Gasteiger partial charge is 0.257 e. The fourth-order valence-corrected chi connectivity index (χ4v) is 6.25. The minimum absolute atomic E-state index is 0.00854. The van der Waals surface area contributed by atoms with E-state index in [0.29, 0.717) is 35.8 Å². The van der Waals surface area contributed by atoms with Gasteiger partial charge >= 0.3 is 0 Å². The van der Waals surface area contributed by atoms with Crippen molar-refractivity contribution in [2.45, 2.75) is 37.8 Å². The zero-order chi connectivity index (χ0) is 41.3. The van der Waals surface area contributed by atoms with Crippen LogP contribution in [0, 0.1) is 0 Å². The molecule has 0 unspecified atom stereocenters. The maximum absolute atomic E-state index is 14.0. The molecule has 14 heteroatoms. The molecule has 2 atom stereocenters. The maximum Gasteiger partial charge on any atom is 0.257 e. The first-order chi connectivity index (χ1) is 28.1. The van der Waals surface area contributed by atoms with Gasteiger partial charge in [-0.1, -0.05) is 54.6 Å². The molecule has 0 saturated carbocycles. The van der Waals surface area contributed by atoms with Crippen LogP contribution in [0.2, 0.25) is 0 Å². The summed E-state index contributed by atoms with van der Waals surface area (Å²) in [6, 6.07) is 28.5. The van der Waals surface area contributed by atoms with E-state index in [1.54, 1.807) is 98.9 Å². The van der Waals surface area contributed by atoms with E-state index in [0.717, 1.165) is 5.56 Å². The quantitative estimate of drug-likeness (QED) is 0.225. The lowest BCUT2D eigenvalue weighted by molar-refractivity contribution is -0.133. The molecule has 0 bridgehead atoms. The number of ether oxygens (including phenoxy) is 4. The molecule has 306 valence electrons. The van der Waals surface area contributed by atoms with Crippen molar-refractivity contribution in [3.8, 4) is 23.0 Å². The molecule has 0 spiro atoms. The maximum atomic E-state index is 14.0. The fourth-order valence-electron chi connectivity index (χ4n) is 6.25. The SMILES string of the molecule is COc1ccc(OCCNC(=O)[C@@H]2CCC(=O)N(C)[C@@H](Cc3ccccc3)COc3ccccc3C(=O)N(C)CC(=O)NCCCOc3ccccc3C(=O)N2)cc1. The van der Waals surface area contributed by atoms with Crippen LogP contribution in [0.15, 0.2) is 103 Å². The van der Waals surface area contributed by atoms with Crippen molar-refractivity contribution < 1.29 is 42.9 Å². The van der Waals surface area contributed by atoms with Gasteiger partial charge in [-0.3, -0.25) is 24.0 Å². The summed E-state index contributed by atoms with van der Waals surface area (Å²) < 4.78 is 23.2. The lowest BCUT2D eigenvalue weighted by atomic mass is 10.0. The topological polar surface area (TPSA) is 165 Å². The summed E-state index contributed by atoms with van der Waals surface area (Å²) in [5, 5.41) is 8.46. The average Bonchev–Trinajstić information content (AvgIpc) is 3.24. The lowest BCUT2D eigenvalue weighted by Crippen LogP contribution is -2.48. The Morgan fingerprint density at radius 2 is 1.48 bits per heavy atom. The van der Waals surface area contributed by atoms with Gasteiger partial charge in [0.05, 0.1) is 44.0 Å². The van der Waals surface area contributed by atoms with Gasteiger partial charge in [-0.05, 0) is 73.4 Å². The largest absolute Gasteiger partial charge is 0.497 e. The number of hydrogen-bond donors (Lipinski definition) is 3. The molecule has 1 heterocycles.